The van der Waals surface area contributed by atoms with E-state index in [0.29, 0.717) is 13.0 Å². The Bertz CT molecular complexity index is 463. The Morgan fingerprint density at radius 1 is 1.42 bits per heavy atom. The highest BCUT2D eigenvalue weighted by atomic mass is 79.9. The van der Waals surface area contributed by atoms with Crippen molar-refractivity contribution in [1.29, 1.82) is 0 Å². The molecule has 1 fully saturated rings. The summed E-state index contributed by atoms with van der Waals surface area (Å²) in [4.78, 5) is 24.8. The highest BCUT2D eigenvalue weighted by Gasteiger charge is 2.35. The molecule has 1 aliphatic heterocycles. The number of hydrogen-bond donors (Lipinski definition) is 1. The Balaban J connectivity index is 2.23. The lowest BCUT2D eigenvalue weighted by Crippen LogP contribution is -2.32. The van der Waals surface area contributed by atoms with Crippen molar-refractivity contribution in [3.63, 3.8) is 0 Å². The van der Waals surface area contributed by atoms with Gasteiger partial charge in [0.1, 0.15) is 0 Å². The lowest BCUT2D eigenvalue weighted by Gasteiger charge is -2.27. The molecule has 102 valence electrons. The summed E-state index contributed by atoms with van der Waals surface area (Å²) in [6.45, 7) is 0.622. The average molecular weight is 326 g/mol. The summed E-state index contributed by atoms with van der Waals surface area (Å²) in [5.41, 5.74) is 0.883. The number of nitrogens with zero attached hydrogens (tertiary/aromatic N) is 1. The molecule has 2 rings (SSSR count). The highest BCUT2D eigenvalue weighted by Crippen LogP contribution is 2.31. The van der Waals surface area contributed by atoms with Gasteiger partial charge < -0.3 is 10.0 Å². The fourth-order valence-corrected chi connectivity index (χ4v) is 2.90. The van der Waals surface area contributed by atoms with E-state index in [2.05, 4.69) is 15.9 Å². The number of benzene rings is 1. The summed E-state index contributed by atoms with van der Waals surface area (Å²) in [5, 5.41) is 9.84. The number of carbonyl (C=O) groups is 2. The van der Waals surface area contributed by atoms with Crippen LogP contribution in [0.15, 0.2) is 30.3 Å². The van der Waals surface area contributed by atoms with Crippen LogP contribution in [0.25, 0.3) is 0 Å². The van der Waals surface area contributed by atoms with E-state index in [-0.39, 0.29) is 24.3 Å². The number of alkyl halides is 1. The van der Waals surface area contributed by atoms with Crippen molar-refractivity contribution >= 4 is 27.8 Å². The summed E-state index contributed by atoms with van der Waals surface area (Å²) in [7, 11) is 0. The number of hydrogen-bond acceptors (Lipinski definition) is 2. The number of halogens is 1. The van der Waals surface area contributed by atoms with Crippen LogP contribution >= 0.6 is 15.9 Å². The van der Waals surface area contributed by atoms with Crippen LogP contribution in [0, 0.1) is 5.92 Å². The molecule has 2 unspecified atom stereocenters. The van der Waals surface area contributed by atoms with Gasteiger partial charge in [0, 0.05) is 18.3 Å². The van der Waals surface area contributed by atoms with Gasteiger partial charge in [0.25, 0.3) is 0 Å². The maximum Gasteiger partial charge on any atom is 0.305 e. The standard InChI is InChI=1S/C14H16BrNO3/c15-8-10-6-13(17)16(9-10)12(7-14(18)19)11-4-2-1-3-5-11/h1-5,10,12H,6-9H2,(H,18,19). The number of carboxylic acids is 1. The maximum absolute atomic E-state index is 12.1. The molecule has 1 aromatic rings. The molecule has 1 saturated heterocycles. The summed E-state index contributed by atoms with van der Waals surface area (Å²) in [6.07, 6.45) is 0.443. The summed E-state index contributed by atoms with van der Waals surface area (Å²) < 4.78 is 0. The third-order valence-electron chi connectivity index (χ3n) is 3.39. The van der Waals surface area contributed by atoms with Crippen molar-refractivity contribution in [2.24, 2.45) is 5.92 Å². The maximum atomic E-state index is 12.1. The number of rotatable bonds is 5. The van der Waals surface area contributed by atoms with Crippen LogP contribution in [0.5, 0.6) is 0 Å². The van der Waals surface area contributed by atoms with Crippen molar-refractivity contribution in [1.82, 2.24) is 4.90 Å². The van der Waals surface area contributed by atoms with E-state index in [0.717, 1.165) is 10.9 Å². The van der Waals surface area contributed by atoms with Crippen LogP contribution in [0.2, 0.25) is 0 Å². The molecule has 1 heterocycles. The monoisotopic (exact) mass is 325 g/mol. The topological polar surface area (TPSA) is 57.6 Å². The van der Waals surface area contributed by atoms with Crippen LogP contribution in [0.4, 0.5) is 0 Å². The van der Waals surface area contributed by atoms with Crippen molar-refractivity contribution in [2.75, 3.05) is 11.9 Å². The Kier molecular flexibility index (Phi) is 4.58. The van der Waals surface area contributed by atoms with E-state index in [1.807, 2.05) is 30.3 Å². The van der Waals surface area contributed by atoms with Gasteiger partial charge in [-0.3, -0.25) is 9.59 Å². The van der Waals surface area contributed by atoms with E-state index < -0.39 is 5.97 Å². The molecule has 4 nitrogen and oxygen atoms in total. The van der Waals surface area contributed by atoms with E-state index in [1.54, 1.807) is 4.90 Å². The van der Waals surface area contributed by atoms with Crippen LogP contribution in [-0.2, 0) is 9.59 Å². The first-order valence-corrected chi connectivity index (χ1v) is 7.36. The second-order valence-corrected chi connectivity index (χ2v) is 5.44. The fraction of sp³-hybridized carbons (Fsp3) is 0.429. The largest absolute Gasteiger partial charge is 0.481 e. The van der Waals surface area contributed by atoms with Gasteiger partial charge in [0.2, 0.25) is 5.91 Å². The Morgan fingerprint density at radius 2 is 2.11 bits per heavy atom. The van der Waals surface area contributed by atoms with Gasteiger partial charge in [0.15, 0.2) is 0 Å². The van der Waals surface area contributed by atoms with Crippen molar-refractivity contribution in [3.8, 4) is 0 Å². The molecule has 0 spiro atoms. The van der Waals surface area contributed by atoms with Crippen molar-refractivity contribution in [2.45, 2.75) is 18.9 Å². The third-order valence-corrected chi connectivity index (χ3v) is 4.30. The predicted molar refractivity (Wildman–Crippen MR) is 75.0 cm³/mol. The number of carbonyl (C=O) groups excluding carboxylic acids is 1. The van der Waals surface area contributed by atoms with Crippen molar-refractivity contribution in [3.05, 3.63) is 35.9 Å². The predicted octanol–water partition coefficient (Wildman–Crippen LogP) is 2.45. The molecule has 5 heteroatoms. The van der Waals surface area contributed by atoms with Crippen LogP contribution < -0.4 is 0 Å². The third kappa shape index (κ3) is 3.35. The molecular formula is C14H16BrNO3. The molecule has 1 aromatic carbocycles. The van der Waals surface area contributed by atoms with E-state index in [1.165, 1.54) is 0 Å². The number of likely N-dealkylation sites (tertiary alicyclic amines) is 1. The van der Waals surface area contributed by atoms with Gasteiger partial charge in [-0.2, -0.15) is 0 Å². The van der Waals surface area contributed by atoms with E-state index in [9.17, 15) is 9.59 Å². The Labute approximate surface area is 120 Å². The number of carboxylic acid groups (broad SMARTS) is 1. The van der Waals surface area contributed by atoms with Gasteiger partial charge in [-0.25, -0.2) is 0 Å². The molecular weight excluding hydrogens is 310 g/mol. The molecule has 1 N–H and O–H groups in total. The minimum absolute atomic E-state index is 0.0413. The van der Waals surface area contributed by atoms with Crippen LogP contribution in [0.3, 0.4) is 0 Å². The van der Waals surface area contributed by atoms with E-state index >= 15 is 0 Å². The summed E-state index contributed by atoms with van der Waals surface area (Å²) >= 11 is 3.39. The number of amides is 1. The molecule has 0 radical (unpaired) electrons. The zero-order valence-electron chi connectivity index (χ0n) is 10.5. The Morgan fingerprint density at radius 3 is 2.63 bits per heavy atom. The van der Waals surface area contributed by atoms with Gasteiger partial charge in [-0.15, -0.1) is 0 Å². The van der Waals surface area contributed by atoms with Crippen molar-refractivity contribution < 1.29 is 14.7 Å². The van der Waals surface area contributed by atoms with Gasteiger partial charge in [-0.1, -0.05) is 46.3 Å². The van der Waals surface area contributed by atoms with Gasteiger partial charge >= 0.3 is 5.97 Å². The molecule has 0 saturated carbocycles. The molecule has 2 atom stereocenters. The molecule has 0 aromatic heterocycles. The minimum Gasteiger partial charge on any atom is -0.481 e. The first-order valence-electron chi connectivity index (χ1n) is 6.24. The normalized spacial score (nSPS) is 20.6. The van der Waals surface area contributed by atoms with Gasteiger partial charge in [-0.05, 0) is 11.5 Å². The Hall–Kier alpha value is -1.36. The summed E-state index contributed by atoms with van der Waals surface area (Å²) in [6, 6.07) is 9.01. The molecule has 0 aliphatic carbocycles. The quantitative estimate of drug-likeness (QED) is 0.846. The molecule has 1 amide bonds. The second-order valence-electron chi connectivity index (χ2n) is 4.79. The van der Waals surface area contributed by atoms with E-state index in [4.69, 9.17) is 5.11 Å². The minimum atomic E-state index is -0.885. The zero-order chi connectivity index (χ0) is 13.8. The van der Waals surface area contributed by atoms with Crippen LogP contribution in [-0.4, -0.2) is 33.8 Å². The first kappa shape index (κ1) is 14.1. The SMILES string of the molecule is O=C(O)CC(c1ccccc1)N1CC(CBr)CC1=O. The highest BCUT2D eigenvalue weighted by molar-refractivity contribution is 9.09. The second kappa shape index (κ2) is 6.19. The van der Waals surface area contributed by atoms with Gasteiger partial charge in [0.05, 0.1) is 12.5 Å². The first-order chi connectivity index (χ1) is 9.11. The number of aliphatic carboxylic acids is 1. The lowest BCUT2D eigenvalue weighted by molar-refractivity contribution is -0.139. The molecule has 19 heavy (non-hydrogen) atoms. The van der Waals surface area contributed by atoms with Crippen LogP contribution in [0.1, 0.15) is 24.4 Å². The molecule has 0 bridgehead atoms. The lowest BCUT2D eigenvalue weighted by atomic mass is 10.0. The fourth-order valence-electron chi connectivity index (χ4n) is 2.46. The summed E-state index contributed by atoms with van der Waals surface area (Å²) in [5.74, 6) is -0.573. The smallest absolute Gasteiger partial charge is 0.305 e. The zero-order valence-corrected chi connectivity index (χ0v) is 12.0. The molecule has 1 aliphatic rings. The average Bonchev–Trinajstić information content (AvgIpc) is 2.78.